The fourth-order valence-corrected chi connectivity index (χ4v) is 3.73. The van der Waals surface area contributed by atoms with Crippen molar-refractivity contribution in [2.45, 2.75) is 38.3 Å². The van der Waals surface area contributed by atoms with Gasteiger partial charge in [-0.25, -0.2) is 13.4 Å². The van der Waals surface area contributed by atoms with Crippen molar-refractivity contribution in [3.8, 4) is 11.5 Å². The fourth-order valence-electron chi connectivity index (χ4n) is 3.17. The SMILES string of the molecule is CCOc1cc(OCC)cc(C2=C(c3ccc(S(C)(=O)=O)nc3)OC(C)(C)C2=O)c1. The van der Waals surface area contributed by atoms with Crippen molar-refractivity contribution in [2.75, 3.05) is 19.5 Å². The van der Waals surface area contributed by atoms with Crippen LogP contribution in [0.15, 0.2) is 41.6 Å². The monoisotopic (exact) mass is 431 g/mol. The van der Waals surface area contributed by atoms with Gasteiger partial charge in [0.1, 0.15) is 17.3 Å². The molecule has 0 aliphatic carbocycles. The summed E-state index contributed by atoms with van der Waals surface area (Å²) in [6.07, 6.45) is 2.49. The van der Waals surface area contributed by atoms with Crippen LogP contribution in [0.2, 0.25) is 0 Å². The van der Waals surface area contributed by atoms with E-state index in [1.165, 1.54) is 12.3 Å². The Balaban J connectivity index is 2.18. The van der Waals surface area contributed by atoms with Crippen molar-refractivity contribution in [1.29, 1.82) is 0 Å². The van der Waals surface area contributed by atoms with Crippen LogP contribution in [0, 0.1) is 0 Å². The van der Waals surface area contributed by atoms with Gasteiger partial charge in [0.15, 0.2) is 20.5 Å². The first kappa shape index (κ1) is 21.8. The third kappa shape index (κ3) is 4.33. The molecule has 7 nitrogen and oxygen atoms in total. The van der Waals surface area contributed by atoms with Crippen molar-refractivity contribution in [1.82, 2.24) is 4.98 Å². The molecule has 0 atom stereocenters. The van der Waals surface area contributed by atoms with Crippen LogP contribution < -0.4 is 9.47 Å². The molecule has 3 rings (SSSR count). The summed E-state index contributed by atoms with van der Waals surface area (Å²) in [7, 11) is -3.43. The van der Waals surface area contributed by atoms with Gasteiger partial charge in [-0.05, 0) is 57.5 Å². The van der Waals surface area contributed by atoms with Gasteiger partial charge in [-0.2, -0.15) is 0 Å². The molecule has 0 spiro atoms. The first-order chi connectivity index (χ1) is 14.1. The molecule has 1 aromatic carbocycles. The lowest BCUT2D eigenvalue weighted by atomic mass is 9.92. The number of rotatable bonds is 7. The number of ether oxygens (including phenoxy) is 3. The van der Waals surface area contributed by atoms with Gasteiger partial charge in [0.05, 0.1) is 18.8 Å². The van der Waals surface area contributed by atoms with Gasteiger partial charge in [0.25, 0.3) is 0 Å². The summed E-state index contributed by atoms with van der Waals surface area (Å²) in [5, 5.41) is -0.0473. The van der Waals surface area contributed by atoms with Gasteiger partial charge < -0.3 is 14.2 Å². The number of benzene rings is 1. The number of hydrogen-bond acceptors (Lipinski definition) is 7. The lowest BCUT2D eigenvalue weighted by Crippen LogP contribution is -2.29. The van der Waals surface area contributed by atoms with Gasteiger partial charge in [-0.3, -0.25) is 4.79 Å². The topological polar surface area (TPSA) is 91.8 Å². The van der Waals surface area contributed by atoms with Crippen LogP contribution in [-0.4, -0.2) is 44.3 Å². The molecule has 0 radical (unpaired) electrons. The van der Waals surface area contributed by atoms with E-state index in [9.17, 15) is 13.2 Å². The lowest BCUT2D eigenvalue weighted by molar-refractivity contribution is -0.125. The predicted molar refractivity (Wildman–Crippen MR) is 113 cm³/mol. The third-order valence-corrected chi connectivity index (χ3v) is 5.53. The van der Waals surface area contributed by atoms with Crippen molar-refractivity contribution in [3.63, 3.8) is 0 Å². The molecule has 0 saturated heterocycles. The minimum absolute atomic E-state index is 0.0473. The number of sulfone groups is 1. The molecule has 2 heterocycles. The van der Waals surface area contributed by atoms with Gasteiger partial charge in [0.2, 0.25) is 5.78 Å². The second-order valence-corrected chi connectivity index (χ2v) is 9.32. The Hall–Kier alpha value is -2.87. The van der Waals surface area contributed by atoms with E-state index >= 15 is 0 Å². The maximum absolute atomic E-state index is 13.2. The Labute approximate surface area is 176 Å². The zero-order valence-electron chi connectivity index (χ0n) is 17.7. The first-order valence-corrected chi connectivity index (χ1v) is 11.5. The largest absolute Gasteiger partial charge is 0.494 e. The number of hydrogen-bond donors (Lipinski definition) is 0. The van der Waals surface area contributed by atoms with E-state index in [0.717, 1.165) is 6.26 Å². The molecule has 0 bridgehead atoms. The van der Waals surface area contributed by atoms with E-state index in [-0.39, 0.29) is 10.8 Å². The van der Waals surface area contributed by atoms with Gasteiger partial charge in [-0.15, -0.1) is 0 Å². The van der Waals surface area contributed by atoms with E-state index in [1.807, 2.05) is 13.8 Å². The Morgan fingerprint density at radius 1 is 1.00 bits per heavy atom. The van der Waals surface area contributed by atoms with Gasteiger partial charge in [0, 0.05) is 24.1 Å². The Bertz CT molecular complexity index is 1080. The van der Waals surface area contributed by atoms with Crippen LogP contribution in [0.5, 0.6) is 11.5 Å². The molecule has 1 aliphatic rings. The number of aromatic nitrogens is 1. The zero-order chi connectivity index (χ0) is 22.1. The maximum Gasteiger partial charge on any atom is 0.210 e. The van der Waals surface area contributed by atoms with Crippen LogP contribution in [0.1, 0.15) is 38.8 Å². The van der Waals surface area contributed by atoms with Gasteiger partial charge in [-0.1, -0.05) is 0 Å². The fraction of sp³-hybridized carbons (Fsp3) is 0.364. The highest BCUT2D eigenvalue weighted by Crippen LogP contribution is 2.42. The molecule has 0 fully saturated rings. The Morgan fingerprint density at radius 3 is 2.07 bits per heavy atom. The predicted octanol–water partition coefficient (Wildman–Crippen LogP) is 3.53. The molecular weight excluding hydrogens is 406 g/mol. The van der Waals surface area contributed by atoms with Crippen molar-refractivity contribution in [2.24, 2.45) is 0 Å². The van der Waals surface area contributed by atoms with Crippen LogP contribution >= 0.6 is 0 Å². The second-order valence-electron chi connectivity index (χ2n) is 7.36. The number of carbonyl (C=O) groups excluding carboxylic acids is 1. The lowest BCUT2D eigenvalue weighted by Gasteiger charge is -2.17. The molecule has 30 heavy (non-hydrogen) atoms. The van der Waals surface area contributed by atoms with E-state index < -0.39 is 15.4 Å². The average molecular weight is 432 g/mol. The normalized spacial score (nSPS) is 15.8. The van der Waals surface area contributed by atoms with E-state index in [4.69, 9.17) is 14.2 Å². The molecule has 0 amide bonds. The smallest absolute Gasteiger partial charge is 0.210 e. The molecule has 0 unspecified atom stereocenters. The van der Waals surface area contributed by atoms with Crippen LogP contribution in [0.25, 0.3) is 11.3 Å². The molecule has 0 N–H and O–H groups in total. The molecular formula is C22H25NO6S. The highest BCUT2D eigenvalue weighted by molar-refractivity contribution is 7.90. The number of ketones is 1. The zero-order valence-corrected chi connectivity index (χ0v) is 18.5. The van der Waals surface area contributed by atoms with Crippen molar-refractivity contribution >= 4 is 27.0 Å². The molecule has 1 aromatic heterocycles. The molecule has 8 heteroatoms. The average Bonchev–Trinajstić information content (AvgIpc) is 2.91. The van der Waals surface area contributed by atoms with E-state index in [1.54, 1.807) is 38.1 Å². The minimum atomic E-state index is -3.43. The Morgan fingerprint density at radius 2 is 1.60 bits per heavy atom. The molecule has 0 saturated carbocycles. The first-order valence-electron chi connectivity index (χ1n) is 9.62. The summed E-state index contributed by atoms with van der Waals surface area (Å²) in [5.41, 5.74) is 0.405. The van der Waals surface area contributed by atoms with E-state index in [2.05, 4.69) is 4.98 Å². The summed E-state index contributed by atoms with van der Waals surface area (Å²) in [5.74, 6) is 1.30. The van der Waals surface area contributed by atoms with Crippen LogP contribution in [0.3, 0.4) is 0 Å². The molecule has 2 aromatic rings. The molecule has 160 valence electrons. The highest BCUT2D eigenvalue weighted by Gasteiger charge is 2.43. The standard InChI is InChI=1S/C22H25NO6S/c1-6-27-16-10-15(11-17(12-16)28-7-2)19-20(29-22(3,4)21(19)24)14-8-9-18(23-13-14)30(5,25)26/h8-13H,6-7H2,1-5H3. The van der Waals surface area contributed by atoms with Crippen molar-refractivity contribution in [3.05, 3.63) is 47.7 Å². The van der Waals surface area contributed by atoms with Crippen LogP contribution in [-0.2, 0) is 19.4 Å². The number of Topliss-reactive ketones (excluding diaryl/α,β-unsaturated/α-hetero) is 1. The minimum Gasteiger partial charge on any atom is -0.494 e. The second kappa shape index (κ2) is 8.10. The summed E-state index contributed by atoms with van der Waals surface area (Å²) in [6.45, 7) is 8.06. The summed E-state index contributed by atoms with van der Waals surface area (Å²) >= 11 is 0. The van der Waals surface area contributed by atoms with Gasteiger partial charge >= 0.3 is 0 Å². The van der Waals surface area contributed by atoms with Crippen molar-refractivity contribution < 1.29 is 27.4 Å². The third-order valence-electron chi connectivity index (χ3n) is 4.53. The molecule has 1 aliphatic heterocycles. The summed E-state index contributed by atoms with van der Waals surface area (Å²) < 4.78 is 40.7. The summed E-state index contributed by atoms with van der Waals surface area (Å²) in [6, 6.07) is 8.29. The van der Waals surface area contributed by atoms with Crippen LogP contribution in [0.4, 0.5) is 0 Å². The number of carbonyl (C=O) groups is 1. The number of nitrogens with zero attached hydrogens (tertiary/aromatic N) is 1. The number of pyridine rings is 1. The maximum atomic E-state index is 13.2. The summed E-state index contributed by atoms with van der Waals surface area (Å²) in [4.78, 5) is 17.2. The quantitative estimate of drug-likeness (QED) is 0.662. The Kier molecular flexibility index (Phi) is 5.90. The van der Waals surface area contributed by atoms with E-state index in [0.29, 0.717) is 47.2 Å². The highest BCUT2D eigenvalue weighted by atomic mass is 32.2.